The molecule has 1 saturated heterocycles. The lowest BCUT2D eigenvalue weighted by atomic mass is 10.2. The van der Waals surface area contributed by atoms with Crippen LogP contribution in [0.25, 0.3) is 0 Å². The Bertz CT molecular complexity index is 324. The molecule has 2 aliphatic heterocycles. The first-order valence-electron chi connectivity index (χ1n) is 4.78. The maximum atomic E-state index is 3.50. The summed E-state index contributed by atoms with van der Waals surface area (Å²) in [5, 5.41) is 6.89. The SMILES string of the molecule is c1ccc2c(c1)NC1CNCCN21. The quantitative estimate of drug-likeness (QED) is 0.612. The van der Waals surface area contributed by atoms with Gasteiger partial charge in [-0.3, -0.25) is 0 Å². The van der Waals surface area contributed by atoms with Crippen molar-refractivity contribution in [2.45, 2.75) is 6.17 Å². The van der Waals surface area contributed by atoms with Crippen LogP contribution in [0, 0.1) is 0 Å². The molecule has 2 N–H and O–H groups in total. The van der Waals surface area contributed by atoms with Gasteiger partial charge < -0.3 is 15.5 Å². The average molecular weight is 175 g/mol. The highest BCUT2D eigenvalue weighted by molar-refractivity contribution is 5.76. The molecule has 0 bridgehead atoms. The maximum Gasteiger partial charge on any atom is 0.112 e. The Labute approximate surface area is 77.7 Å². The molecular formula is C10H13N3. The molecule has 0 spiro atoms. The second-order valence-electron chi connectivity index (χ2n) is 3.57. The molecule has 1 fully saturated rings. The van der Waals surface area contributed by atoms with Crippen LogP contribution < -0.4 is 15.5 Å². The molecule has 0 amide bonds. The van der Waals surface area contributed by atoms with Gasteiger partial charge in [-0.1, -0.05) is 12.1 Å². The fourth-order valence-corrected chi connectivity index (χ4v) is 2.15. The van der Waals surface area contributed by atoms with Crippen LogP contribution in [0.5, 0.6) is 0 Å². The van der Waals surface area contributed by atoms with Gasteiger partial charge >= 0.3 is 0 Å². The van der Waals surface area contributed by atoms with Gasteiger partial charge in [0.05, 0.1) is 11.4 Å². The Morgan fingerprint density at radius 3 is 3.23 bits per heavy atom. The third-order valence-electron chi connectivity index (χ3n) is 2.78. The van der Waals surface area contributed by atoms with Gasteiger partial charge in [-0.2, -0.15) is 0 Å². The molecule has 3 nitrogen and oxygen atoms in total. The normalized spacial score (nSPS) is 24.9. The standard InChI is InChI=1S/C10H13N3/c1-2-4-9-8(3-1)12-10-7-11-5-6-13(9)10/h1-4,10-12H,5-7H2. The molecule has 1 aromatic rings. The van der Waals surface area contributed by atoms with Crippen molar-refractivity contribution in [1.29, 1.82) is 0 Å². The van der Waals surface area contributed by atoms with Gasteiger partial charge in [-0.25, -0.2) is 0 Å². The van der Waals surface area contributed by atoms with Crippen LogP contribution in [0.15, 0.2) is 24.3 Å². The summed E-state index contributed by atoms with van der Waals surface area (Å²) < 4.78 is 0. The summed E-state index contributed by atoms with van der Waals surface area (Å²) in [4.78, 5) is 2.44. The summed E-state index contributed by atoms with van der Waals surface area (Å²) in [6, 6.07) is 8.52. The first kappa shape index (κ1) is 7.21. The minimum absolute atomic E-state index is 0.464. The van der Waals surface area contributed by atoms with Gasteiger partial charge in [0.2, 0.25) is 0 Å². The fourth-order valence-electron chi connectivity index (χ4n) is 2.15. The van der Waals surface area contributed by atoms with E-state index in [1.807, 2.05) is 0 Å². The van der Waals surface area contributed by atoms with Crippen molar-refractivity contribution < 1.29 is 0 Å². The molecule has 1 aromatic carbocycles. The lowest BCUT2D eigenvalue weighted by Gasteiger charge is -2.31. The van der Waals surface area contributed by atoms with Crippen LogP contribution in [0.2, 0.25) is 0 Å². The zero-order chi connectivity index (χ0) is 8.67. The zero-order valence-corrected chi connectivity index (χ0v) is 7.46. The van der Waals surface area contributed by atoms with Crippen molar-refractivity contribution in [3.05, 3.63) is 24.3 Å². The van der Waals surface area contributed by atoms with Crippen molar-refractivity contribution in [3.8, 4) is 0 Å². The third kappa shape index (κ3) is 1.00. The van der Waals surface area contributed by atoms with Gasteiger partial charge in [-0.15, -0.1) is 0 Å². The third-order valence-corrected chi connectivity index (χ3v) is 2.78. The fraction of sp³-hybridized carbons (Fsp3) is 0.400. The van der Waals surface area contributed by atoms with E-state index in [0.717, 1.165) is 19.6 Å². The minimum Gasteiger partial charge on any atom is -0.362 e. The van der Waals surface area contributed by atoms with Crippen LogP contribution in [0.1, 0.15) is 0 Å². The highest BCUT2D eigenvalue weighted by Crippen LogP contribution is 2.34. The smallest absolute Gasteiger partial charge is 0.112 e. The van der Waals surface area contributed by atoms with Crippen molar-refractivity contribution in [3.63, 3.8) is 0 Å². The number of para-hydroxylation sites is 2. The van der Waals surface area contributed by atoms with Crippen LogP contribution >= 0.6 is 0 Å². The largest absolute Gasteiger partial charge is 0.362 e. The maximum absolute atomic E-state index is 3.50. The number of rotatable bonds is 0. The molecule has 1 unspecified atom stereocenters. The van der Waals surface area contributed by atoms with Crippen LogP contribution in [0.4, 0.5) is 11.4 Å². The lowest BCUT2D eigenvalue weighted by molar-refractivity contribution is 0.522. The molecule has 3 heteroatoms. The molecule has 13 heavy (non-hydrogen) atoms. The average Bonchev–Trinajstić information content (AvgIpc) is 2.56. The first-order valence-corrected chi connectivity index (χ1v) is 4.78. The Balaban J connectivity index is 2.01. The number of piperazine rings is 1. The van der Waals surface area contributed by atoms with Crippen molar-refractivity contribution in [2.24, 2.45) is 0 Å². The molecule has 2 aliphatic rings. The monoisotopic (exact) mass is 175 g/mol. The van der Waals surface area contributed by atoms with Gasteiger partial charge in [0.15, 0.2) is 0 Å². The molecule has 2 heterocycles. The summed E-state index contributed by atoms with van der Waals surface area (Å²) in [6.45, 7) is 3.23. The molecule has 0 radical (unpaired) electrons. The number of anilines is 2. The summed E-state index contributed by atoms with van der Waals surface area (Å²) >= 11 is 0. The van der Waals surface area contributed by atoms with E-state index >= 15 is 0 Å². The molecular weight excluding hydrogens is 162 g/mol. The van der Waals surface area contributed by atoms with Crippen molar-refractivity contribution in [1.82, 2.24) is 5.32 Å². The topological polar surface area (TPSA) is 27.3 Å². The number of nitrogens with one attached hydrogen (secondary N) is 2. The predicted molar refractivity (Wildman–Crippen MR) is 54.1 cm³/mol. The Kier molecular flexibility index (Phi) is 1.46. The van der Waals surface area contributed by atoms with Gasteiger partial charge in [0, 0.05) is 19.6 Å². The zero-order valence-electron chi connectivity index (χ0n) is 7.46. The molecule has 0 aliphatic carbocycles. The second-order valence-corrected chi connectivity index (χ2v) is 3.57. The molecule has 1 atom stereocenters. The van der Waals surface area contributed by atoms with E-state index in [1.165, 1.54) is 11.4 Å². The van der Waals surface area contributed by atoms with E-state index in [0.29, 0.717) is 6.17 Å². The van der Waals surface area contributed by atoms with Crippen molar-refractivity contribution in [2.75, 3.05) is 29.9 Å². The van der Waals surface area contributed by atoms with E-state index in [9.17, 15) is 0 Å². The number of benzene rings is 1. The van der Waals surface area contributed by atoms with Crippen LogP contribution in [0.3, 0.4) is 0 Å². The Hall–Kier alpha value is -1.22. The van der Waals surface area contributed by atoms with E-state index in [2.05, 4.69) is 39.8 Å². The van der Waals surface area contributed by atoms with Crippen LogP contribution in [-0.4, -0.2) is 25.8 Å². The van der Waals surface area contributed by atoms with E-state index in [1.54, 1.807) is 0 Å². The van der Waals surface area contributed by atoms with E-state index in [-0.39, 0.29) is 0 Å². The van der Waals surface area contributed by atoms with E-state index < -0.39 is 0 Å². The summed E-state index contributed by atoms with van der Waals surface area (Å²) in [5.74, 6) is 0. The molecule has 0 aromatic heterocycles. The number of hydrogen-bond acceptors (Lipinski definition) is 3. The van der Waals surface area contributed by atoms with Crippen molar-refractivity contribution >= 4 is 11.4 Å². The van der Waals surface area contributed by atoms with Crippen LogP contribution in [-0.2, 0) is 0 Å². The molecule has 3 rings (SSSR count). The first-order chi connectivity index (χ1) is 6.45. The lowest BCUT2D eigenvalue weighted by Crippen LogP contribution is -2.51. The van der Waals surface area contributed by atoms with Gasteiger partial charge in [-0.05, 0) is 12.1 Å². The van der Waals surface area contributed by atoms with Gasteiger partial charge in [0.25, 0.3) is 0 Å². The summed E-state index contributed by atoms with van der Waals surface area (Å²) in [7, 11) is 0. The molecule has 68 valence electrons. The Morgan fingerprint density at radius 2 is 2.23 bits per heavy atom. The highest BCUT2D eigenvalue weighted by atomic mass is 15.4. The summed E-state index contributed by atoms with van der Waals surface area (Å²) in [6.07, 6.45) is 0.464. The predicted octanol–water partition coefficient (Wildman–Crippen LogP) is 0.848. The second kappa shape index (κ2) is 2.64. The summed E-state index contributed by atoms with van der Waals surface area (Å²) in [5.41, 5.74) is 2.63. The highest BCUT2D eigenvalue weighted by Gasteiger charge is 2.29. The van der Waals surface area contributed by atoms with E-state index in [4.69, 9.17) is 0 Å². The Morgan fingerprint density at radius 1 is 1.31 bits per heavy atom. The number of fused-ring (bicyclic) bond motifs is 3. The minimum atomic E-state index is 0.464. The van der Waals surface area contributed by atoms with Gasteiger partial charge in [0.1, 0.15) is 6.17 Å². The number of nitrogens with zero attached hydrogens (tertiary/aromatic N) is 1. The number of hydrogen-bond donors (Lipinski definition) is 2. The molecule has 0 saturated carbocycles.